The molecule has 0 bridgehead atoms. The number of nitrogens with two attached hydrogens (primary N) is 1. The molecular formula is C22H28N4O2. The first kappa shape index (κ1) is 19.7. The number of amidine groups is 1. The minimum Gasteiger partial charge on any atom is -0.464 e. The summed E-state index contributed by atoms with van der Waals surface area (Å²) < 4.78 is 5.33. The van der Waals surface area contributed by atoms with Crippen molar-refractivity contribution < 1.29 is 9.53 Å². The van der Waals surface area contributed by atoms with Crippen LogP contribution in [0.4, 0.5) is 11.4 Å². The molecule has 1 aliphatic rings. The number of carbonyl (C=O) groups is 1. The smallest absolute Gasteiger partial charge is 0.333 e. The van der Waals surface area contributed by atoms with E-state index in [0.29, 0.717) is 12.2 Å². The topological polar surface area (TPSA) is 91.4 Å². The molecular weight excluding hydrogens is 352 g/mol. The van der Waals surface area contributed by atoms with Crippen LogP contribution in [0.15, 0.2) is 42.5 Å². The summed E-state index contributed by atoms with van der Waals surface area (Å²) in [6, 6.07) is 12.8. The first-order chi connectivity index (χ1) is 13.5. The Hall–Kier alpha value is -3.02. The molecule has 3 rings (SSSR count). The van der Waals surface area contributed by atoms with E-state index in [1.54, 1.807) is 12.1 Å². The number of nitrogen functional groups attached to an aromatic ring is 1. The molecule has 28 heavy (non-hydrogen) atoms. The van der Waals surface area contributed by atoms with Crippen molar-refractivity contribution >= 4 is 23.2 Å². The summed E-state index contributed by atoms with van der Waals surface area (Å²) in [4.78, 5) is 15.1. The van der Waals surface area contributed by atoms with Crippen molar-refractivity contribution in [1.82, 2.24) is 0 Å². The summed E-state index contributed by atoms with van der Waals surface area (Å²) in [6.07, 6.45) is 2.40. The molecule has 4 N–H and O–H groups in total. The van der Waals surface area contributed by atoms with Gasteiger partial charge in [0.15, 0.2) is 6.04 Å². The van der Waals surface area contributed by atoms with Crippen LogP contribution in [0.3, 0.4) is 0 Å². The van der Waals surface area contributed by atoms with Crippen molar-refractivity contribution in [3.63, 3.8) is 0 Å². The van der Waals surface area contributed by atoms with Crippen molar-refractivity contribution in [2.75, 3.05) is 29.9 Å². The Labute approximate surface area is 166 Å². The Morgan fingerprint density at radius 2 is 1.89 bits per heavy atom. The molecule has 0 spiro atoms. The van der Waals surface area contributed by atoms with Crippen LogP contribution < -0.4 is 16.0 Å². The highest BCUT2D eigenvalue weighted by atomic mass is 16.5. The first-order valence-corrected chi connectivity index (χ1v) is 9.72. The lowest BCUT2D eigenvalue weighted by Crippen LogP contribution is -2.24. The van der Waals surface area contributed by atoms with Gasteiger partial charge in [0.2, 0.25) is 0 Å². The van der Waals surface area contributed by atoms with Crippen molar-refractivity contribution in [3.05, 3.63) is 59.2 Å². The van der Waals surface area contributed by atoms with Gasteiger partial charge < -0.3 is 20.7 Å². The molecule has 0 aliphatic carbocycles. The second-order valence-electron chi connectivity index (χ2n) is 7.12. The molecule has 1 atom stereocenters. The molecule has 0 amide bonds. The number of hydrogen-bond donors (Lipinski definition) is 3. The molecule has 1 heterocycles. The zero-order valence-electron chi connectivity index (χ0n) is 16.5. The number of nitrogens with one attached hydrogen (secondary N) is 2. The van der Waals surface area contributed by atoms with Crippen LogP contribution >= 0.6 is 0 Å². The van der Waals surface area contributed by atoms with Gasteiger partial charge in [-0.2, -0.15) is 0 Å². The summed E-state index contributed by atoms with van der Waals surface area (Å²) in [5.41, 5.74) is 10.1. The standard InChI is InChI=1S/C22H28N4O2/c1-3-28-22(27)20(25-18-8-6-16(7-9-18)21(23)24)17-12-15(2)13-19(14-17)26-10-4-5-11-26/h6-9,12-14,20,25H,3-5,10-11H2,1-2H3,(H3,23,24). The van der Waals surface area contributed by atoms with Crippen LogP contribution in [-0.2, 0) is 9.53 Å². The summed E-state index contributed by atoms with van der Waals surface area (Å²) in [7, 11) is 0. The highest BCUT2D eigenvalue weighted by Gasteiger charge is 2.24. The van der Waals surface area contributed by atoms with E-state index in [1.165, 1.54) is 12.8 Å². The van der Waals surface area contributed by atoms with E-state index in [2.05, 4.69) is 22.3 Å². The number of ether oxygens (including phenoxy) is 1. The highest BCUT2D eigenvalue weighted by Crippen LogP contribution is 2.29. The van der Waals surface area contributed by atoms with Gasteiger partial charge in [0.05, 0.1) is 6.61 Å². The molecule has 6 heteroatoms. The van der Waals surface area contributed by atoms with Gasteiger partial charge in [-0.1, -0.05) is 6.07 Å². The Morgan fingerprint density at radius 3 is 2.50 bits per heavy atom. The second kappa shape index (κ2) is 8.78. The summed E-state index contributed by atoms with van der Waals surface area (Å²) >= 11 is 0. The minimum absolute atomic E-state index is 0.0161. The number of benzene rings is 2. The van der Waals surface area contributed by atoms with Gasteiger partial charge in [0.25, 0.3) is 0 Å². The van der Waals surface area contributed by atoms with Gasteiger partial charge in [0.1, 0.15) is 5.84 Å². The largest absolute Gasteiger partial charge is 0.464 e. The maximum absolute atomic E-state index is 12.7. The molecule has 0 aromatic heterocycles. The van der Waals surface area contributed by atoms with Gasteiger partial charge in [-0.15, -0.1) is 0 Å². The maximum Gasteiger partial charge on any atom is 0.333 e. The highest BCUT2D eigenvalue weighted by molar-refractivity contribution is 5.95. The Balaban J connectivity index is 1.91. The number of anilines is 2. The fourth-order valence-electron chi connectivity index (χ4n) is 3.53. The van der Waals surface area contributed by atoms with Crippen molar-refractivity contribution in [2.45, 2.75) is 32.7 Å². The molecule has 2 aromatic rings. The predicted octanol–water partition coefficient (Wildman–Crippen LogP) is 3.60. The quantitative estimate of drug-likeness (QED) is 0.388. The predicted molar refractivity (Wildman–Crippen MR) is 113 cm³/mol. The van der Waals surface area contributed by atoms with Gasteiger partial charge in [0, 0.05) is 30.0 Å². The van der Waals surface area contributed by atoms with Crippen LogP contribution in [0.2, 0.25) is 0 Å². The van der Waals surface area contributed by atoms with E-state index in [1.807, 2.05) is 32.0 Å². The van der Waals surface area contributed by atoms with Crippen LogP contribution in [0.5, 0.6) is 0 Å². The lowest BCUT2D eigenvalue weighted by atomic mass is 10.0. The van der Waals surface area contributed by atoms with Gasteiger partial charge in [-0.3, -0.25) is 5.41 Å². The van der Waals surface area contributed by atoms with Gasteiger partial charge in [-0.05, 0) is 74.2 Å². The summed E-state index contributed by atoms with van der Waals surface area (Å²) in [6.45, 7) is 6.28. The van der Waals surface area contributed by atoms with Crippen molar-refractivity contribution in [3.8, 4) is 0 Å². The lowest BCUT2D eigenvalue weighted by Gasteiger charge is -2.23. The molecule has 0 radical (unpaired) electrons. The van der Waals surface area contributed by atoms with Crippen molar-refractivity contribution in [2.24, 2.45) is 5.73 Å². The normalized spacial score (nSPS) is 14.6. The van der Waals surface area contributed by atoms with Crippen LogP contribution in [0.25, 0.3) is 0 Å². The number of nitrogens with zero attached hydrogens (tertiary/aromatic N) is 1. The molecule has 1 aliphatic heterocycles. The molecule has 1 fully saturated rings. The van der Waals surface area contributed by atoms with Crippen LogP contribution in [0, 0.1) is 12.3 Å². The molecule has 1 saturated heterocycles. The number of carbonyl (C=O) groups excluding carboxylic acids is 1. The third-order valence-corrected chi connectivity index (χ3v) is 4.92. The third-order valence-electron chi connectivity index (χ3n) is 4.92. The molecule has 148 valence electrons. The van der Waals surface area contributed by atoms with Gasteiger partial charge >= 0.3 is 5.97 Å². The number of esters is 1. The van der Waals surface area contributed by atoms with Crippen LogP contribution in [0.1, 0.15) is 42.5 Å². The molecule has 6 nitrogen and oxygen atoms in total. The van der Waals surface area contributed by atoms with E-state index in [4.69, 9.17) is 15.9 Å². The summed E-state index contributed by atoms with van der Waals surface area (Å²) in [5, 5.41) is 10.8. The van der Waals surface area contributed by atoms with Crippen LogP contribution in [-0.4, -0.2) is 31.5 Å². The summed E-state index contributed by atoms with van der Waals surface area (Å²) in [5.74, 6) is -0.293. The molecule has 0 saturated carbocycles. The number of rotatable bonds is 7. The zero-order valence-corrected chi connectivity index (χ0v) is 16.5. The lowest BCUT2D eigenvalue weighted by molar-refractivity contribution is -0.144. The zero-order chi connectivity index (χ0) is 20.1. The van der Waals surface area contributed by atoms with E-state index < -0.39 is 6.04 Å². The van der Waals surface area contributed by atoms with E-state index in [-0.39, 0.29) is 11.8 Å². The average Bonchev–Trinajstić information content (AvgIpc) is 3.21. The van der Waals surface area contributed by atoms with E-state index >= 15 is 0 Å². The number of aryl methyl sites for hydroxylation is 1. The van der Waals surface area contributed by atoms with E-state index in [0.717, 1.165) is 35.6 Å². The van der Waals surface area contributed by atoms with Gasteiger partial charge in [-0.25, -0.2) is 4.79 Å². The van der Waals surface area contributed by atoms with Crippen molar-refractivity contribution in [1.29, 1.82) is 5.41 Å². The Bertz CT molecular complexity index is 842. The first-order valence-electron chi connectivity index (χ1n) is 9.72. The second-order valence-corrected chi connectivity index (χ2v) is 7.12. The molecule has 2 aromatic carbocycles. The third kappa shape index (κ3) is 4.63. The SMILES string of the molecule is CCOC(=O)C(Nc1ccc(C(=N)N)cc1)c1cc(C)cc(N2CCCC2)c1. The Morgan fingerprint density at radius 1 is 1.21 bits per heavy atom. The fraction of sp³-hybridized carbons (Fsp3) is 0.364. The maximum atomic E-state index is 12.7. The Kier molecular flexibility index (Phi) is 6.19. The minimum atomic E-state index is -0.607. The molecule has 1 unspecified atom stereocenters. The number of hydrogen-bond acceptors (Lipinski definition) is 5. The fourth-order valence-corrected chi connectivity index (χ4v) is 3.53. The van der Waals surface area contributed by atoms with E-state index in [9.17, 15) is 4.79 Å². The monoisotopic (exact) mass is 380 g/mol. The average molecular weight is 380 g/mol.